The van der Waals surface area contributed by atoms with Crippen molar-refractivity contribution < 1.29 is 9.90 Å². The number of aliphatic hydroxyl groups is 1. The Balaban J connectivity index is 1.41. The van der Waals surface area contributed by atoms with E-state index in [1.807, 2.05) is 11.3 Å². The summed E-state index contributed by atoms with van der Waals surface area (Å²) in [5, 5.41) is 13.6. The first-order valence-corrected chi connectivity index (χ1v) is 9.63. The van der Waals surface area contributed by atoms with Gasteiger partial charge in [-0.15, -0.1) is 11.3 Å². The summed E-state index contributed by atoms with van der Waals surface area (Å²) in [5.74, 6) is 0.382. The molecule has 0 radical (unpaired) electrons. The highest BCUT2D eigenvalue weighted by molar-refractivity contribution is 7.11. The molecule has 1 aliphatic heterocycles. The number of carbonyl (C=O) groups excluding carboxylic acids is 1. The smallest absolute Gasteiger partial charge is 0.317 e. The molecule has 1 saturated heterocycles. The minimum Gasteiger partial charge on any atom is -0.394 e. The first-order valence-electron chi connectivity index (χ1n) is 8.82. The van der Waals surface area contributed by atoms with Crippen LogP contribution in [0.4, 0.5) is 4.79 Å². The minimum absolute atomic E-state index is 0.0271. The topological polar surface area (TPSA) is 65.5 Å². The van der Waals surface area contributed by atoms with Gasteiger partial charge in [-0.05, 0) is 44.4 Å². The van der Waals surface area contributed by atoms with Crippen LogP contribution in [0.3, 0.4) is 0 Å². The summed E-state index contributed by atoms with van der Waals surface area (Å²) >= 11 is 1.86. The standard InChI is InChI=1S/C17H27N3O2S/c1-12-8-10-20(14(12)11-21)17(22)18-9-4-7-16-19-13-5-2-3-6-15(13)23-16/h12,14,21H,2-11H2,1H3,(H,18,22)/t12-,14-/m0/s1. The Labute approximate surface area is 142 Å². The zero-order chi connectivity index (χ0) is 16.2. The van der Waals surface area contributed by atoms with E-state index in [1.165, 1.54) is 34.8 Å². The van der Waals surface area contributed by atoms with Crippen molar-refractivity contribution in [1.29, 1.82) is 0 Å². The van der Waals surface area contributed by atoms with Gasteiger partial charge in [-0.2, -0.15) is 0 Å². The molecule has 2 aliphatic rings. The predicted octanol–water partition coefficient (Wildman–Crippen LogP) is 2.37. The van der Waals surface area contributed by atoms with Gasteiger partial charge in [0, 0.05) is 24.4 Å². The first kappa shape index (κ1) is 16.7. The van der Waals surface area contributed by atoms with Gasteiger partial charge in [0.1, 0.15) is 0 Å². The van der Waals surface area contributed by atoms with Crippen LogP contribution >= 0.6 is 11.3 Å². The Morgan fingerprint density at radius 3 is 3.04 bits per heavy atom. The molecular weight excluding hydrogens is 310 g/mol. The van der Waals surface area contributed by atoms with E-state index in [4.69, 9.17) is 4.98 Å². The number of rotatable bonds is 5. The van der Waals surface area contributed by atoms with Gasteiger partial charge in [0.2, 0.25) is 0 Å². The number of hydrogen-bond acceptors (Lipinski definition) is 4. The van der Waals surface area contributed by atoms with Crippen molar-refractivity contribution in [2.24, 2.45) is 5.92 Å². The molecule has 1 aromatic rings. The maximum atomic E-state index is 12.2. The van der Waals surface area contributed by atoms with E-state index in [-0.39, 0.29) is 18.7 Å². The van der Waals surface area contributed by atoms with E-state index in [0.29, 0.717) is 12.5 Å². The van der Waals surface area contributed by atoms with Crippen LogP contribution in [0, 0.1) is 5.92 Å². The molecule has 2 amide bonds. The van der Waals surface area contributed by atoms with Gasteiger partial charge in [-0.1, -0.05) is 6.92 Å². The number of fused-ring (bicyclic) bond motifs is 1. The lowest BCUT2D eigenvalue weighted by Crippen LogP contribution is -2.45. The third-order valence-electron chi connectivity index (χ3n) is 5.06. The van der Waals surface area contributed by atoms with Crippen LogP contribution in [-0.2, 0) is 19.3 Å². The fourth-order valence-corrected chi connectivity index (χ4v) is 4.79. The molecule has 0 bridgehead atoms. The van der Waals surface area contributed by atoms with Gasteiger partial charge in [0.15, 0.2) is 0 Å². The van der Waals surface area contributed by atoms with E-state index in [2.05, 4.69) is 12.2 Å². The van der Waals surface area contributed by atoms with Gasteiger partial charge in [0.05, 0.1) is 23.4 Å². The molecule has 2 N–H and O–H groups in total. The molecule has 1 aliphatic carbocycles. The third-order valence-corrected chi connectivity index (χ3v) is 6.28. The van der Waals surface area contributed by atoms with Crippen LogP contribution in [0.15, 0.2) is 0 Å². The van der Waals surface area contributed by atoms with Gasteiger partial charge in [-0.25, -0.2) is 9.78 Å². The van der Waals surface area contributed by atoms with E-state index in [1.54, 1.807) is 4.90 Å². The number of urea groups is 1. The van der Waals surface area contributed by atoms with E-state index >= 15 is 0 Å². The fourth-order valence-electron chi connectivity index (χ4n) is 3.59. The van der Waals surface area contributed by atoms with Crippen LogP contribution < -0.4 is 5.32 Å². The summed E-state index contributed by atoms with van der Waals surface area (Å²) in [7, 11) is 0. The fraction of sp³-hybridized carbons (Fsp3) is 0.765. The maximum absolute atomic E-state index is 12.2. The molecule has 128 valence electrons. The van der Waals surface area contributed by atoms with Crippen molar-refractivity contribution >= 4 is 17.4 Å². The average Bonchev–Trinajstić information content (AvgIpc) is 3.13. The molecule has 1 aromatic heterocycles. The van der Waals surface area contributed by atoms with Crippen molar-refractivity contribution in [3.63, 3.8) is 0 Å². The van der Waals surface area contributed by atoms with Crippen LogP contribution in [-0.4, -0.2) is 46.8 Å². The number of carbonyl (C=O) groups is 1. The van der Waals surface area contributed by atoms with Crippen molar-refractivity contribution in [2.75, 3.05) is 19.7 Å². The lowest BCUT2D eigenvalue weighted by molar-refractivity contribution is 0.144. The number of hydrogen-bond donors (Lipinski definition) is 2. The number of nitrogens with zero attached hydrogens (tertiary/aromatic N) is 2. The lowest BCUT2D eigenvalue weighted by Gasteiger charge is -2.25. The molecule has 0 spiro atoms. The summed E-state index contributed by atoms with van der Waals surface area (Å²) < 4.78 is 0. The normalized spacial score (nSPS) is 23.8. The number of thiazole rings is 1. The molecule has 3 rings (SSSR count). The Morgan fingerprint density at radius 2 is 2.26 bits per heavy atom. The molecule has 0 aromatic carbocycles. The van der Waals surface area contributed by atoms with Crippen molar-refractivity contribution in [1.82, 2.24) is 15.2 Å². The zero-order valence-electron chi connectivity index (χ0n) is 13.9. The SMILES string of the molecule is C[C@H]1CCN(C(=O)NCCCc2nc3c(s2)CCCC3)[C@H]1CO. The Kier molecular flexibility index (Phi) is 5.54. The minimum atomic E-state index is -0.0353. The van der Waals surface area contributed by atoms with Crippen LogP contribution in [0.5, 0.6) is 0 Å². The van der Waals surface area contributed by atoms with Gasteiger partial charge in [0.25, 0.3) is 0 Å². The molecule has 6 heteroatoms. The molecule has 0 unspecified atom stereocenters. The van der Waals surface area contributed by atoms with Gasteiger partial charge < -0.3 is 15.3 Å². The number of aliphatic hydroxyl groups excluding tert-OH is 1. The van der Waals surface area contributed by atoms with Crippen LogP contribution in [0.1, 0.15) is 48.2 Å². The molecule has 0 saturated carbocycles. The highest BCUT2D eigenvalue weighted by atomic mass is 32.1. The predicted molar refractivity (Wildman–Crippen MR) is 91.8 cm³/mol. The maximum Gasteiger partial charge on any atom is 0.317 e. The number of nitrogens with one attached hydrogen (secondary N) is 1. The zero-order valence-corrected chi connectivity index (χ0v) is 14.7. The van der Waals surface area contributed by atoms with E-state index in [0.717, 1.165) is 32.2 Å². The Morgan fingerprint density at radius 1 is 1.43 bits per heavy atom. The van der Waals surface area contributed by atoms with Gasteiger partial charge >= 0.3 is 6.03 Å². The monoisotopic (exact) mass is 337 g/mol. The molecule has 5 nitrogen and oxygen atoms in total. The average molecular weight is 337 g/mol. The first-order chi connectivity index (χ1) is 11.2. The number of amides is 2. The summed E-state index contributed by atoms with van der Waals surface area (Å²) in [6.45, 7) is 3.57. The lowest BCUT2D eigenvalue weighted by atomic mass is 10.0. The second kappa shape index (κ2) is 7.62. The Bertz CT molecular complexity index is 522. The van der Waals surface area contributed by atoms with Crippen LogP contribution in [0.2, 0.25) is 0 Å². The van der Waals surface area contributed by atoms with Gasteiger partial charge in [-0.3, -0.25) is 0 Å². The van der Waals surface area contributed by atoms with Crippen molar-refractivity contribution in [2.45, 2.75) is 57.9 Å². The highest BCUT2D eigenvalue weighted by Crippen LogP contribution is 2.27. The number of aryl methyl sites for hydroxylation is 3. The van der Waals surface area contributed by atoms with Crippen LogP contribution in [0.25, 0.3) is 0 Å². The van der Waals surface area contributed by atoms with Crippen molar-refractivity contribution in [3.8, 4) is 0 Å². The quantitative estimate of drug-likeness (QED) is 0.811. The summed E-state index contributed by atoms with van der Waals surface area (Å²) in [6.07, 6.45) is 7.74. The van der Waals surface area contributed by atoms with E-state index < -0.39 is 0 Å². The Hall–Kier alpha value is -1.14. The number of likely N-dealkylation sites (tertiary alicyclic amines) is 1. The van der Waals surface area contributed by atoms with Crippen molar-refractivity contribution in [3.05, 3.63) is 15.6 Å². The molecule has 23 heavy (non-hydrogen) atoms. The number of aromatic nitrogens is 1. The summed E-state index contributed by atoms with van der Waals surface area (Å²) in [5.41, 5.74) is 1.32. The molecule has 1 fully saturated rings. The highest BCUT2D eigenvalue weighted by Gasteiger charge is 2.33. The summed E-state index contributed by atoms with van der Waals surface area (Å²) in [6, 6.07) is -0.0625. The second-order valence-electron chi connectivity index (χ2n) is 6.73. The largest absolute Gasteiger partial charge is 0.394 e. The summed E-state index contributed by atoms with van der Waals surface area (Å²) in [4.78, 5) is 20.2. The second-order valence-corrected chi connectivity index (χ2v) is 7.90. The molecular formula is C17H27N3O2S. The molecule has 2 atom stereocenters. The van der Waals surface area contributed by atoms with E-state index in [9.17, 15) is 9.90 Å². The third kappa shape index (κ3) is 3.86. The molecule has 2 heterocycles.